The van der Waals surface area contributed by atoms with E-state index in [1.807, 2.05) is 4.90 Å². The van der Waals surface area contributed by atoms with Gasteiger partial charge in [0.25, 0.3) is 5.91 Å². The first-order valence-electron chi connectivity index (χ1n) is 10.6. The lowest BCUT2D eigenvalue weighted by Crippen LogP contribution is -2.49. The highest BCUT2D eigenvalue weighted by Crippen LogP contribution is 2.20. The lowest BCUT2D eigenvalue weighted by Gasteiger charge is -2.36. The van der Waals surface area contributed by atoms with Crippen molar-refractivity contribution >= 4 is 17.5 Å². The van der Waals surface area contributed by atoms with Gasteiger partial charge in [0.1, 0.15) is 11.5 Å². The Bertz CT molecular complexity index is 812. The topological polar surface area (TPSA) is 61.4 Å². The fourth-order valence-electron chi connectivity index (χ4n) is 4.14. The number of piperazine rings is 1. The highest BCUT2D eigenvalue weighted by Gasteiger charge is 2.24. The molecule has 1 saturated carbocycles. The zero-order valence-corrected chi connectivity index (χ0v) is 16.7. The van der Waals surface area contributed by atoms with E-state index in [1.54, 1.807) is 24.4 Å². The predicted octanol–water partition coefficient (Wildman–Crippen LogP) is 3.71. The predicted molar refractivity (Wildman–Crippen MR) is 112 cm³/mol. The van der Waals surface area contributed by atoms with E-state index in [9.17, 15) is 9.18 Å². The molecular weight excluding hydrogens is 369 g/mol. The van der Waals surface area contributed by atoms with Crippen LogP contribution in [0.25, 0.3) is 0 Å². The maximum atomic E-state index is 13.1. The van der Waals surface area contributed by atoms with Crippen molar-refractivity contribution in [2.75, 3.05) is 36.4 Å². The molecule has 7 heteroatoms. The van der Waals surface area contributed by atoms with Crippen molar-refractivity contribution in [1.82, 2.24) is 14.9 Å². The Morgan fingerprint density at radius 1 is 0.966 bits per heavy atom. The van der Waals surface area contributed by atoms with Crippen LogP contribution in [0.5, 0.6) is 0 Å². The third kappa shape index (κ3) is 5.02. The molecule has 0 radical (unpaired) electrons. The summed E-state index contributed by atoms with van der Waals surface area (Å²) < 4.78 is 13.1. The highest BCUT2D eigenvalue weighted by molar-refractivity contribution is 5.92. The summed E-state index contributed by atoms with van der Waals surface area (Å²) in [5.74, 6) is 0.252. The molecule has 1 aliphatic heterocycles. The summed E-state index contributed by atoms with van der Waals surface area (Å²) >= 11 is 0. The van der Waals surface area contributed by atoms with Crippen molar-refractivity contribution in [3.8, 4) is 0 Å². The molecular formula is C22H28FN5O. The van der Waals surface area contributed by atoms with E-state index in [4.69, 9.17) is 0 Å². The summed E-state index contributed by atoms with van der Waals surface area (Å²) in [5, 5.41) is 3.42. The Morgan fingerprint density at radius 3 is 2.34 bits per heavy atom. The molecule has 0 bridgehead atoms. The molecule has 1 saturated heterocycles. The fraction of sp³-hybridized carbons (Fsp3) is 0.500. The molecule has 2 fully saturated rings. The Kier molecular flexibility index (Phi) is 6.22. The van der Waals surface area contributed by atoms with Gasteiger partial charge < -0.3 is 15.1 Å². The number of nitrogens with zero attached hydrogens (tertiary/aromatic N) is 4. The van der Waals surface area contributed by atoms with Crippen LogP contribution in [0.15, 0.2) is 36.5 Å². The molecule has 1 aliphatic carbocycles. The van der Waals surface area contributed by atoms with Crippen LogP contribution in [0.4, 0.5) is 16.0 Å². The van der Waals surface area contributed by atoms with Crippen molar-refractivity contribution in [3.05, 3.63) is 48.0 Å². The lowest BCUT2D eigenvalue weighted by atomic mass is 10.1. The van der Waals surface area contributed by atoms with Gasteiger partial charge in [-0.05, 0) is 43.2 Å². The van der Waals surface area contributed by atoms with E-state index in [2.05, 4.69) is 20.2 Å². The molecule has 2 aliphatic rings. The molecule has 1 aromatic carbocycles. The third-order valence-corrected chi connectivity index (χ3v) is 5.82. The lowest BCUT2D eigenvalue weighted by molar-refractivity contribution is 0.0741. The Morgan fingerprint density at radius 2 is 1.66 bits per heavy atom. The summed E-state index contributed by atoms with van der Waals surface area (Å²) in [4.78, 5) is 25.7. The summed E-state index contributed by atoms with van der Waals surface area (Å²) in [5.41, 5.74) is 1.42. The summed E-state index contributed by atoms with van der Waals surface area (Å²) in [7, 11) is 0. The van der Waals surface area contributed by atoms with Crippen molar-refractivity contribution < 1.29 is 9.18 Å². The third-order valence-electron chi connectivity index (χ3n) is 5.82. The van der Waals surface area contributed by atoms with E-state index >= 15 is 0 Å². The average molecular weight is 397 g/mol. The number of rotatable bonds is 4. The molecule has 2 aromatic rings. The Labute approximate surface area is 171 Å². The number of nitrogens with one attached hydrogen (secondary N) is 1. The molecule has 154 valence electrons. The molecule has 6 nitrogen and oxygen atoms in total. The number of amides is 1. The van der Waals surface area contributed by atoms with Gasteiger partial charge in [0.15, 0.2) is 0 Å². The fourth-order valence-corrected chi connectivity index (χ4v) is 4.14. The smallest absolute Gasteiger partial charge is 0.272 e. The summed E-state index contributed by atoms with van der Waals surface area (Å²) in [6, 6.07) is 8.58. The van der Waals surface area contributed by atoms with Crippen LogP contribution in [-0.4, -0.2) is 53.0 Å². The normalized spacial score (nSPS) is 18.4. The van der Waals surface area contributed by atoms with E-state index in [-0.39, 0.29) is 11.7 Å². The minimum Gasteiger partial charge on any atom is -0.368 e. The largest absolute Gasteiger partial charge is 0.368 e. The van der Waals surface area contributed by atoms with Gasteiger partial charge in [0, 0.05) is 44.1 Å². The number of hydrogen-bond donors (Lipinski definition) is 1. The zero-order chi connectivity index (χ0) is 20.1. The number of anilines is 2. The van der Waals surface area contributed by atoms with Crippen LogP contribution >= 0.6 is 0 Å². The molecule has 1 amide bonds. The van der Waals surface area contributed by atoms with E-state index in [1.165, 1.54) is 37.8 Å². The van der Waals surface area contributed by atoms with Crippen LogP contribution in [0, 0.1) is 5.82 Å². The Balaban J connectivity index is 1.35. The molecule has 0 atom stereocenters. The van der Waals surface area contributed by atoms with Crippen molar-refractivity contribution in [2.45, 2.75) is 44.6 Å². The van der Waals surface area contributed by atoms with E-state index in [0.717, 1.165) is 31.6 Å². The minimum atomic E-state index is -0.236. The molecule has 2 heterocycles. The van der Waals surface area contributed by atoms with E-state index in [0.29, 0.717) is 30.8 Å². The van der Waals surface area contributed by atoms with Gasteiger partial charge in [0.05, 0.1) is 0 Å². The van der Waals surface area contributed by atoms with Crippen LogP contribution in [0.3, 0.4) is 0 Å². The number of carbonyl (C=O) groups is 1. The van der Waals surface area contributed by atoms with Gasteiger partial charge in [0.2, 0.25) is 5.95 Å². The molecule has 1 aromatic heterocycles. The van der Waals surface area contributed by atoms with Crippen LogP contribution in [0.2, 0.25) is 0 Å². The first kappa shape index (κ1) is 19.6. The molecule has 0 unspecified atom stereocenters. The second kappa shape index (κ2) is 9.20. The second-order valence-electron chi connectivity index (χ2n) is 7.85. The number of halogens is 1. The molecule has 1 N–H and O–H groups in total. The van der Waals surface area contributed by atoms with Crippen molar-refractivity contribution in [1.29, 1.82) is 0 Å². The number of benzene rings is 1. The van der Waals surface area contributed by atoms with Crippen LogP contribution in [-0.2, 0) is 0 Å². The van der Waals surface area contributed by atoms with Gasteiger partial charge in [-0.1, -0.05) is 25.7 Å². The van der Waals surface area contributed by atoms with Gasteiger partial charge in [-0.3, -0.25) is 4.79 Å². The summed E-state index contributed by atoms with van der Waals surface area (Å²) in [6.45, 7) is 2.67. The Hall–Kier alpha value is -2.70. The quantitative estimate of drug-likeness (QED) is 0.797. The molecule has 4 rings (SSSR count). The average Bonchev–Trinajstić information content (AvgIpc) is 3.03. The van der Waals surface area contributed by atoms with Crippen LogP contribution < -0.4 is 10.2 Å². The maximum absolute atomic E-state index is 13.1. The molecule has 0 spiro atoms. The van der Waals surface area contributed by atoms with Gasteiger partial charge in [-0.25, -0.2) is 14.4 Å². The number of hydrogen-bond acceptors (Lipinski definition) is 5. The zero-order valence-electron chi connectivity index (χ0n) is 16.7. The standard InChI is InChI=1S/C22H28FN5O/c23-17-7-9-19(10-8-17)27-13-15-28(16-14-27)21(29)20-11-12-24-22(26-20)25-18-5-3-1-2-4-6-18/h7-12,18H,1-6,13-16H2,(H,24,25,26). The van der Waals surface area contributed by atoms with Gasteiger partial charge in [-0.2, -0.15) is 0 Å². The molecule has 29 heavy (non-hydrogen) atoms. The van der Waals surface area contributed by atoms with Crippen LogP contribution in [0.1, 0.15) is 49.0 Å². The number of carbonyl (C=O) groups excluding carboxylic acids is 1. The first-order valence-corrected chi connectivity index (χ1v) is 10.6. The monoisotopic (exact) mass is 397 g/mol. The van der Waals surface area contributed by atoms with Gasteiger partial charge in [-0.15, -0.1) is 0 Å². The van der Waals surface area contributed by atoms with Gasteiger partial charge >= 0.3 is 0 Å². The minimum absolute atomic E-state index is 0.0601. The highest BCUT2D eigenvalue weighted by atomic mass is 19.1. The SMILES string of the molecule is O=C(c1ccnc(NC2CCCCCC2)n1)N1CCN(c2ccc(F)cc2)CC1. The number of aromatic nitrogens is 2. The second-order valence-corrected chi connectivity index (χ2v) is 7.85. The first-order chi connectivity index (χ1) is 14.2. The maximum Gasteiger partial charge on any atom is 0.272 e. The van der Waals surface area contributed by atoms with E-state index < -0.39 is 0 Å². The van der Waals surface area contributed by atoms with Crippen molar-refractivity contribution in [3.63, 3.8) is 0 Å². The summed E-state index contributed by atoms with van der Waals surface area (Å²) in [6.07, 6.45) is 8.97. The van der Waals surface area contributed by atoms with Crippen molar-refractivity contribution in [2.24, 2.45) is 0 Å².